The van der Waals surface area contributed by atoms with Crippen LogP contribution in [0.25, 0.3) is 0 Å². The molecule has 15 heteroatoms. The average molecular weight is 812 g/mol. The van der Waals surface area contributed by atoms with Gasteiger partial charge >= 0.3 is 6.03 Å². The van der Waals surface area contributed by atoms with Gasteiger partial charge in [0, 0.05) is 19.6 Å². The third-order valence-electron chi connectivity index (χ3n) is 10.6. The van der Waals surface area contributed by atoms with E-state index in [1.165, 1.54) is 0 Å². The van der Waals surface area contributed by atoms with E-state index >= 15 is 0 Å². The summed E-state index contributed by atoms with van der Waals surface area (Å²) in [5, 5.41) is 28.6. The maximum absolute atomic E-state index is 14.4. The van der Waals surface area contributed by atoms with Crippen LogP contribution >= 0.6 is 0 Å². The van der Waals surface area contributed by atoms with E-state index in [2.05, 4.69) is 16.0 Å². The summed E-state index contributed by atoms with van der Waals surface area (Å²) in [7, 11) is -4.37. The molecule has 9 N–H and O–H groups in total. The topological polar surface area (TPSA) is 230 Å². The second-order valence-corrected chi connectivity index (χ2v) is 17.0. The molecule has 5 rings (SSSR count). The number of urea groups is 1. The predicted molar refractivity (Wildman–Crippen MR) is 221 cm³/mol. The molecule has 1 heterocycles. The number of guanidine groups is 1. The molecule has 1 atom stereocenters. The van der Waals surface area contributed by atoms with E-state index in [-0.39, 0.29) is 48.5 Å². The van der Waals surface area contributed by atoms with Gasteiger partial charge in [0.15, 0.2) is 5.60 Å². The molecule has 0 spiro atoms. The summed E-state index contributed by atoms with van der Waals surface area (Å²) >= 11 is 0. The van der Waals surface area contributed by atoms with Gasteiger partial charge in [-0.25, -0.2) is 17.5 Å². The summed E-state index contributed by atoms with van der Waals surface area (Å²) in [6, 6.07) is 21.9. The largest absolute Gasteiger partial charge is 0.487 e. The number of hydrogen-bond acceptors (Lipinski definition) is 8. The predicted octanol–water partition coefficient (Wildman–Crippen LogP) is 4.29. The van der Waals surface area contributed by atoms with Gasteiger partial charge in [0.1, 0.15) is 17.4 Å². The molecule has 0 bridgehead atoms. The quantitative estimate of drug-likeness (QED) is 0.0675. The number of hydrogen-bond donors (Lipinski definition) is 7. The van der Waals surface area contributed by atoms with Crippen LogP contribution in [0, 0.1) is 26.2 Å². The van der Waals surface area contributed by atoms with Gasteiger partial charge in [-0.05, 0) is 105 Å². The Bertz CT molecular complexity index is 2230. The highest BCUT2D eigenvalue weighted by Gasteiger charge is 2.42. The van der Waals surface area contributed by atoms with Crippen LogP contribution in [0.4, 0.5) is 4.79 Å². The van der Waals surface area contributed by atoms with Crippen molar-refractivity contribution in [2.75, 3.05) is 6.54 Å². The molecule has 1 aliphatic rings. The molecule has 0 radical (unpaired) electrons. The first kappa shape index (κ1) is 43.2. The molecule has 0 unspecified atom stereocenters. The van der Waals surface area contributed by atoms with Gasteiger partial charge in [0.05, 0.1) is 4.90 Å². The number of primary amides is 1. The zero-order chi connectivity index (χ0) is 42.4. The fourth-order valence-electron chi connectivity index (χ4n) is 7.25. The summed E-state index contributed by atoms with van der Waals surface area (Å²) in [6.45, 7) is 9.27. The molecule has 4 aromatic rings. The number of benzene rings is 4. The minimum Gasteiger partial charge on any atom is -0.487 e. The Morgan fingerprint density at radius 3 is 1.91 bits per heavy atom. The summed E-state index contributed by atoms with van der Waals surface area (Å²) in [5.74, 6) is -1.48. The Kier molecular flexibility index (Phi) is 13.2. The summed E-state index contributed by atoms with van der Waals surface area (Å²) < 4.78 is 36.0. The normalized spacial score (nSPS) is 14.0. The molecule has 14 nitrogen and oxygen atoms in total. The number of fused-ring (bicyclic) bond motifs is 1. The third kappa shape index (κ3) is 9.43. The third-order valence-corrected chi connectivity index (χ3v) is 12.7. The van der Waals surface area contributed by atoms with Gasteiger partial charge in [-0.3, -0.25) is 15.0 Å². The molecule has 0 saturated carbocycles. The zero-order valence-corrected chi connectivity index (χ0v) is 34.3. The van der Waals surface area contributed by atoms with E-state index in [0.29, 0.717) is 35.3 Å². The SMILES string of the molecule is Cc1c(C)c(S(=O)(=O)N(CCC[C@@H](NC(=O)C(O)(c2ccccc2)c2ccccc2)C(=O)NCc2ccc(CNC(N)=O)cc2)C(=N)N)c(C)c2c1OC(C)(C)CC2. The van der Waals surface area contributed by atoms with E-state index in [1.807, 2.05) is 20.8 Å². The Morgan fingerprint density at radius 2 is 1.40 bits per heavy atom. The van der Waals surface area contributed by atoms with Crippen molar-refractivity contribution in [2.45, 2.75) is 95.5 Å². The highest BCUT2D eigenvalue weighted by molar-refractivity contribution is 7.89. The minimum atomic E-state index is -4.37. The van der Waals surface area contributed by atoms with Gasteiger partial charge in [0.2, 0.25) is 11.9 Å². The van der Waals surface area contributed by atoms with E-state index in [0.717, 1.165) is 21.0 Å². The molecule has 0 saturated heterocycles. The highest BCUT2D eigenvalue weighted by Crippen LogP contribution is 2.43. The number of nitrogens with zero attached hydrogens (tertiary/aromatic N) is 1. The van der Waals surface area contributed by atoms with Crippen LogP contribution in [0.15, 0.2) is 89.8 Å². The first-order valence-corrected chi connectivity index (χ1v) is 20.5. The molecule has 0 aliphatic carbocycles. The Hall–Kier alpha value is -5.93. The molecule has 308 valence electrons. The summed E-state index contributed by atoms with van der Waals surface area (Å²) in [4.78, 5) is 39.4. The zero-order valence-electron chi connectivity index (χ0n) is 33.5. The lowest BCUT2D eigenvalue weighted by atomic mass is 9.85. The molecule has 1 aliphatic heterocycles. The number of carbonyl (C=O) groups is 3. The number of ether oxygens (including phenoxy) is 1. The smallest absolute Gasteiger partial charge is 0.312 e. The van der Waals surface area contributed by atoms with E-state index in [1.54, 1.807) is 98.8 Å². The molecule has 0 fully saturated rings. The monoisotopic (exact) mass is 811 g/mol. The maximum atomic E-state index is 14.4. The van der Waals surface area contributed by atoms with Crippen molar-refractivity contribution in [3.8, 4) is 5.75 Å². The lowest BCUT2D eigenvalue weighted by Gasteiger charge is -2.36. The van der Waals surface area contributed by atoms with Crippen LogP contribution in [-0.4, -0.2) is 59.8 Å². The van der Waals surface area contributed by atoms with Crippen LogP contribution in [0.2, 0.25) is 0 Å². The van der Waals surface area contributed by atoms with E-state index < -0.39 is 51.1 Å². The summed E-state index contributed by atoms with van der Waals surface area (Å²) in [5.41, 5.74) is 13.1. The van der Waals surface area contributed by atoms with Crippen LogP contribution < -0.4 is 32.2 Å². The van der Waals surface area contributed by atoms with Gasteiger partial charge in [-0.2, -0.15) is 0 Å². The van der Waals surface area contributed by atoms with Crippen LogP contribution in [0.3, 0.4) is 0 Å². The van der Waals surface area contributed by atoms with Crippen molar-refractivity contribution in [1.82, 2.24) is 20.3 Å². The Morgan fingerprint density at radius 1 is 0.862 bits per heavy atom. The average Bonchev–Trinajstić information content (AvgIpc) is 3.19. The number of sulfonamides is 1. The lowest BCUT2D eigenvalue weighted by molar-refractivity contribution is -0.140. The van der Waals surface area contributed by atoms with Gasteiger partial charge in [-0.1, -0.05) is 84.9 Å². The fourth-order valence-corrected chi connectivity index (χ4v) is 9.15. The number of aliphatic hydroxyl groups is 1. The molecule has 0 aromatic heterocycles. The van der Waals surface area contributed by atoms with Crippen LogP contribution in [-0.2, 0) is 44.7 Å². The maximum Gasteiger partial charge on any atom is 0.312 e. The molecular weight excluding hydrogens is 759 g/mol. The van der Waals surface area contributed by atoms with Crippen molar-refractivity contribution in [3.63, 3.8) is 0 Å². The van der Waals surface area contributed by atoms with Crippen molar-refractivity contribution in [2.24, 2.45) is 11.5 Å². The highest BCUT2D eigenvalue weighted by atomic mass is 32.2. The minimum absolute atomic E-state index is 0.00679. The number of amides is 4. The number of carbonyl (C=O) groups excluding carboxylic acids is 3. The molecule has 4 aromatic carbocycles. The summed E-state index contributed by atoms with van der Waals surface area (Å²) in [6.07, 6.45) is 1.21. The standard InChI is InChI=1S/C43H53N7O7S/c1-27-28(2)37(29(3)34-22-23-42(4,5)57-36(27)34)58(55,56)50(40(44)45)24-12-17-35(38(51)47-25-30-18-20-31(21-19-30)26-48-41(46)53)49-39(52)43(54,32-13-8-6-9-14-32)33-15-10-7-11-16-33/h6-11,13-16,18-21,35,54H,12,17,22-26H2,1-5H3,(H3,44,45)(H,47,51)(H,49,52)(H3,46,48,53)/t35-/m1/s1. The van der Waals surface area contributed by atoms with E-state index in [9.17, 15) is 27.9 Å². The number of nitrogens with one attached hydrogen (secondary N) is 4. The van der Waals surface area contributed by atoms with E-state index in [4.69, 9.17) is 21.6 Å². The second kappa shape index (κ2) is 17.7. The lowest BCUT2D eigenvalue weighted by Crippen LogP contribution is -2.54. The first-order chi connectivity index (χ1) is 27.4. The van der Waals surface area contributed by atoms with Crippen molar-refractivity contribution >= 4 is 33.8 Å². The van der Waals surface area contributed by atoms with Gasteiger partial charge < -0.3 is 37.3 Å². The fraction of sp³-hybridized carbons (Fsp3) is 0.349. The molecular formula is C43H53N7O7S. The second-order valence-electron chi connectivity index (χ2n) is 15.2. The van der Waals surface area contributed by atoms with Gasteiger partial charge in [-0.15, -0.1) is 0 Å². The van der Waals surface area contributed by atoms with Crippen molar-refractivity contribution < 1.29 is 32.6 Å². The van der Waals surface area contributed by atoms with Crippen LogP contribution in [0.1, 0.15) is 77.6 Å². The molecule has 4 amide bonds. The Labute approximate surface area is 339 Å². The first-order valence-electron chi connectivity index (χ1n) is 19.1. The molecule has 58 heavy (non-hydrogen) atoms. The number of nitrogens with two attached hydrogens (primary N) is 2. The number of rotatable bonds is 15. The van der Waals surface area contributed by atoms with Gasteiger partial charge in [0.25, 0.3) is 15.9 Å². The van der Waals surface area contributed by atoms with Crippen molar-refractivity contribution in [1.29, 1.82) is 5.41 Å². The van der Waals surface area contributed by atoms with Crippen LogP contribution in [0.5, 0.6) is 5.75 Å². The van der Waals surface area contributed by atoms with Crippen molar-refractivity contribution in [3.05, 3.63) is 129 Å². The Balaban J connectivity index is 1.41.